The van der Waals surface area contributed by atoms with Crippen LogP contribution in [0.4, 0.5) is 0 Å². The van der Waals surface area contributed by atoms with Crippen LogP contribution in [0.5, 0.6) is 5.75 Å². The van der Waals surface area contributed by atoms with Gasteiger partial charge in [-0.25, -0.2) is 4.98 Å². The molecule has 3 aromatic carbocycles. The highest BCUT2D eigenvalue weighted by molar-refractivity contribution is 7.98. The first-order valence-corrected chi connectivity index (χ1v) is 15.0. The molecule has 40 heavy (non-hydrogen) atoms. The summed E-state index contributed by atoms with van der Waals surface area (Å²) in [4.78, 5) is 17.2. The lowest BCUT2D eigenvalue weighted by atomic mass is 10.1. The number of benzene rings is 3. The Balaban J connectivity index is 1.27. The predicted molar refractivity (Wildman–Crippen MR) is 161 cm³/mol. The monoisotopic (exact) mass is 609 g/mol. The fraction of sp³-hybridized carbons (Fsp3) is 0.172. The maximum atomic E-state index is 12.7. The number of halogens is 2. The number of hydrogen-bond acceptors (Lipinski definition) is 7. The number of rotatable bonds is 11. The van der Waals surface area contributed by atoms with Gasteiger partial charge in [0.15, 0.2) is 5.16 Å². The van der Waals surface area contributed by atoms with E-state index in [4.69, 9.17) is 27.9 Å². The van der Waals surface area contributed by atoms with Crippen LogP contribution in [0.15, 0.2) is 83.3 Å². The smallest absolute Gasteiger partial charge is 0.270 e. The zero-order valence-electron chi connectivity index (χ0n) is 21.5. The van der Waals surface area contributed by atoms with Crippen LogP contribution in [-0.2, 0) is 18.6 Å². The normalized spacial score (nSPS) is 11.0. The molecule has 204 valence electrons. The van der Waals surface area contributed by atoms with E-state index in [-0.39, 0.29) is 5.91 Å². The number of para-hydroxylation sites is 2. The number of nitrogens with one attached hydrogen (secondary N) is 1. The summed E-state index contributed by atoms with van der Waals surface area (Å²) in [7, 11) is 1.65. The lowest BCUT2D eigenvalue weighted by Crippen LogP contribution is -2.26. The van der Waals surface area contributed by atoms with Crippen molar-refractivity contribution in [3.05, 3.63) is 116 Å². The van der Waals surface area contributed by atoms with Crippen molar-refractivity contribution in [1.82, 2.24) is 25.1 Å². The van der Waals surface area contributed by atoms with E-state index in [2.05, 4.69) is 32.6 Å². The lowest BCUT2D eigenvalue weighted by Gasteiger charge is -2.13. The van der Waals surface area contributed by atoms with E-state index in [1.54, 1.807) is 24.6 Å². The molecule has 0 saturated heterocycles. The minimum absolute atomic E-state index is 0.222. The molecule has 2 heterocycles. The molecule has 7 nitrogen and oxygen atoms in total. The minimum Gasteiger partial charge on any atom is -0.495 e. The van der Waals surface area contributed by atoms with Crippen molar-refractivity contribution in [2.45, 2.75) is 23.8 Å². The van der Waals surface area contributed by atoms with Crippen LogP contribution in [0, 0.1) is 0 Å². The van der Waals surface area contributed by atoms with Crippen LogP contribution in [0.1, 0.15) is 32.4 Å². The van der Waals surface area contributed by atoms with Crippen LogP contribution in [-0.4, -0.2) is 39.3 Å². The summed E-state index contributed by atoms with van der Waals surface area (Å²) in [5, 5.41) is 16.4. The Bertz CT molecular complexity index is 1610. The molecule has 2 aromatic heterocycles. The summed E-state index contributed by atoms with van der Waals surface area (Å²) >= 11 is 15.1. The second kappa shape index (κ2) is 13.3. The molecular formula is C29H25Cl2N5O2S2. The van der Waals surface area contributed by atoms with Gasteiger partial charge in [0.25, 0.3) is 5.91 Å². The van der Waals surface area contributed by atoms with E-state index in [9.17, 15) is 4.79 Å². The van der Waals surface area contributed by atoms with Crippen molar-refractivity contribution in [1.29, 1.82) is 0 Å². The molecule has 0 aliphatic rings. The molecule has 11 heteroatoms. The van der Waals surface area contributed by atoms with Gasteiger partial charge in [-0.05, 0) is 41.8 Å². The summed E-state index contributed by atoms with van der Waals surface area (Å²) < 4.78 is 7.67. The molecule has 0 bridgehead atoms. The molecule has 0 spiro atoms. The molecule has 0 atom stereocenters. The van der Waals surface area contributed by atoms with Gasteiger partial charge in [0.1, 0.15) is 22.3 Å². The quantitative estimate of drug-likeness (QED) is 0.164. The average molecular weight is 611 g/mol. The van der Waals surface area contributed by atoms with Gasteiger partial charge in [-0.2, -0.15) is 0 Å². The molecule has 0 aliphatic carbocycles. The third-order valence-electron chi connectivity index (χ3n) is 6.04. The van der Waals surface area contributed by atoms with E-state index in [0.717, 1.165) is 38.6 Å². The molecular weight excluding hydrogens is 585 g/mol. The Morgan fingerprint density at radius 3 is 2.65 bits per heavy atom. The van der Waals surface area contributed by atoms with Crippen molar-refractivity contribution in [3.63, 3.8) is 0 Å². The molecule has 1 amide bonds. The van der Waals surface area contributed by atoms with E-state index < -0.39 is 0 Å². The van der Waals surface area contributed by atoms with Crippen LogP contribution < -0.4 is 10.1 Å². The zero-order chi connectivity index (χ0) is 27.9. The minimum atomic E-state index is -0.222. The Morgan fingerprint density at radius 2 is 1.85 bits per heavy atom. The van der Waals surface area contributed by atoms with E-state index in [1.165, 1.54) is 23.1 Å². The number of ether oxygens (including phenoxy) is 1. The lowest BCUT2D eigenvalue weighted by molar-refractivity contribution is 0.0949. The predicted octanol–water partition coefficient (Wildman–Crippen LogP) is 6.89. The number of methoxy groups -OCH3 is 1. The van der Waals surface area contributed by atoms with Crippen LogP contribution in [0.25, 0.3) is 5.69 Å². The second-order valence-electron chi connectivity index (χ2n) is 8.73. The average Bonchev–Trinajstić information content (AvgIpc) is 3.60. The van der Waals surface area contributed by atoms with E-state index in [0.29, 0.717) is 40.9 Å². The molecule has 0 fully saturated rings. The highest BCUT2D eigenvalue weighted by Gasteiger charge is 2.19. The third kappa shape index (κ3) is 6.85. The number of hydrogen-bond donors (Lipinski definition) is 1. The van der Waals surface area contributed by atoms with Gasteiger partial charge in [0.2, 0.25) is 0 Å². The summed E-state index contributed by atoms with van der Waals surface area (Å²) in [5.74, 6) is 1.85. The Kier molecular flexibility index (Phi) is 9.38. The highest BCUT2D eigenvalue weighted by atomic mass is 35.5. The van der Waals surface area contributed by atoms with Gasteiger partial charge >= 0.3 is 0 Å². The zero-order valence-corrected chi connectivity index (χ0v) is 24.7. The van der Waals surface area contributed by atoms with Crippen molar-refractivity contribution in [2.24, 2.45) is 0 Å². The van der Waals surface area contributed by atoms with Crippen LogP contribution in [0.2, 0.25) is 10.0 Å². The van der Waals surface area contributed by atoms with E-state index in [1.807, 2.05) is 53.1 Å². The summed E-state index contributed by atoms with van der Waals surface area (Å²) in [5.41, 5.74) is 3.31. The number of nitrogens with zero attached hydrogens (tertiary/aromatic N) is 4. The van der Waals surface area contributed by atoms with Crippen molar-refractivity contribution >= 4 is 52.2 Å². The molecule has 0 aliphatic heterocycles. The first-order valence-electron chi connectivity index (χ1n) is 12.4. The number of aromatic nitrogens is 4. The van der Waals surface area contributed by atoms with Crippen molar-refractivity contribution < 1.29 is 9.53 Å². The Hall–Kier alpha value is -3.37. The van der Waals surface area contributed by atoms with Gasteiger partial charge in [0, 0.05) is 28.4 Å². The molecule has 0 radical (unpaired) electrons. The summed E-state index contributed by atoms with van der Waals surface area (Å²) in [6, 6.07) is 23.3. The van der Waals surface area contributed by atoms with Crippen molar-refractivity contribution in [2.75, 3.05) is 13.7 Å². The molecule has 5 rings (SSSR count). The molecule has 0 unspecified atom stereocenters. The SMILES string of the molecule is COc1ccccc1-n1c(Cc2ccccc2)nnc1SCc1nc(C(=O)NCCc2ccc(Cl)cc2Cl)cs1. The fourth-order valence-electron chi connectivity index (χ4n) is 4.08. The standard InChI is InChI=1S/C29H25Cl2N5O2S2/c1-38-25-10-6-5-9-24(25)36-26(15-19-7-3-2-4-8-19)34-35-29(36)40-18-27-33-23(17-39-27)28(37)32-14-13-20-11-12-21(30)16-22(20)31/h2-12,16-17H,13-15,18H2,1H3,(H,32,37). The summed E-state index contributed by atoms with van der Waals surface area (Å²) in [6.07, 6.45) is 1.22. The van der Waals surface area contributed by atoms with E-state index >= 15 is 0 Å². The van der Waals surface area contributed by atoms with Gasteiger partial charge < -0.3 is 10.1 Å². The molecule has 1 N–H and O–H groups in total. The van der Waals surface area contributed by atoms with Crippen LogP contribution >= 0.6 is 46.3 Å². The highest BCUT2D eigenvalue weighted by Crippen LogP contribution is 2.31. The maximum Gasteiger partial charge on any atom is 0.270 e. The third-order valence-corrected chi connectivity index (χ3v) is 8.59. The topological polar surface area (TPSA) is 81.9 Å². The first-order chi connectivity index (χ1) is 19.5. The number of thiazole rings is 1. The maximum absolute atomic E-state index is 12.7. The van der Waals surface area contributed by atoms with Gasteiger partial charge in [0.05, 0.1) is 18.6 Å². The second-order valence-corrected chi connectivity index (χ2v) is 11.5. The van der Waals surface area contributed by atoms with Gasteiger partial charge in [-0.1, -0.05) is 83.5 Å². The fourth-order valence-corrected chi connectivity index (χ4v) is 6.34. The van der Waals surface area contributed by atoms with Crippen LogP contribution in [0.3, 0.4) is 0 Å². The molecule has 5 aromatic rings. The Labute approximate surface area is 250 Å². The Morgan fingerprint density at radius 1 is 1.05 bits per heavy atom. The summed E-state index contributed by atoms with van der Waals surface area (Å²) in [6.45, 7) is 0.438. The number of amides is 1. The van der Waals surface area contributed by atoms with Gasteiger partial charge in [-0.3, -0.25) is 9.36 Å². The first kappa shape index (κ1) is 28.2. The number of carbonyl (C=O) groups is 1. The number of thioether (sulfide) groups is 1. The van der Waals surface area contributed by atoms with Crippen molar-refractivity contribution in [3.8, 4) is 11.4 Å². The van der Waals surface area contributed by atoms with Gasteiger partial charge in [-0.15, -0.1) is 21.5 Å². The number of carbonyl (C=O) groups excluding carboxylic acids is 1. The largest absolute Gasteiger partial charge is 0.495 e. The molecule has 0 saturated carbocycles.